The van der Waals surface area contributed by atoms with Gasteiger partial charge in [-0.1, -0.05) is 12.1 Å². The van der Waals surface area contributed by atoms with Crippen molar-refractivity contribution in [2.45, 2.75) is 31.5 Å². The standard InChI is InChI=1S/C18H22N4O2/c1-20(2)18(24)12-22-15-6-7-21(16(15)9-17(22)23)11-14-5-3-4-13(8-14)10-19/h3-5,8,15-16H,6-7,9,11-12H2,1-2H3/t15-,16+/m0/s1. The van der Waals surface area contributed by atoms with Gasteiger partial charge in [0, 0.05) is 45.7 Å². The number of carbonyl (C=O) groups is 2. The SMILES string of the molecule is CN(C)C(=O)CN1C(=O)C[C@@H]2[C@@H]1CCN2Cc1cccc(C#N)c1. The highest BCUT2D eigenvalue weighted by Gasteiger charge is 2.47. The van der Waals surface area contributed by atoms with Gasteiger partial charge in [0.15, 0.2) is 0 Å². The molecular formula is C18H22N4O2. The molecule has 0 N–H and O–H groups in total. The summed E-state index contributed by atoms with van der Waals surface area (Å²) in [7, 11) is 3.42. The summed E-state index contributed by atoms with van der Waals surface area (Å²) in [5.41, 5.74) is 1.74. The van der Waals surface area contributed by atoms with Crippen molar-refractivity contribution >= 4 is 11.8 Å². The number of benzene rings is 1. The molecule has 2 aliphatic rings. The van der Waals surface area contributed by atoms with Crippen LogP contribution in [-0.4, -0.2) is 65.8 Å². The van der Waals surface area contributed by atoms with E-state index >= 15 is 0 Å². The molecule has 2 aliphatic heterocycles. The van der Waals surface area contributed by atoms with E-state index in [-0.39, 0.29) is 30.4 Å². The van der Waals surface area contributed by atoms with Crippen molar-refractivity contribution in [1.29, 1.82) is 5.26 Å². The lowest BCUT2D eigenvalue weighted by Crippen LogP contribution is -2.43. The van der Waals surface area contributed by atoms with E-state index in [1.807, 2.05) is 18.2 Å². The minimum atomic E-state index is -0.0378. The van der Waals surface area contributed by atoms with Crippen LogP contribution in [0.2, 0.25) is 0 Å². The summed E-state index contributed by atoms with van der Waals surface area (Å²) in [4.78, 5) is 29.9. The third-order valence-electron chi connectivity index (χ3n) is 4.98. The molecular weight excluding hydrogens is 304 g/mol. The second kappa shape index (κ2) is 6.62. The van der Waals surface area contributed by atoms with Gasteiger partial charge in [-0.3, -0.25) is 14.5 Å². The molecule has 0 saturated carbocycles. The van der Waals surface area contributed by atoms with Crippen LogP contribution in [0.15, 0.2) is 24.3 Å². The van der Waals surface area contributed by atoms with E-state index in [1.54, 1.807) is 25.1 Å². The summed E-state index contributed by atoms with van der Waals surface area (Å²) >= 11 is 0. The highest BCUT2D eigenvalue weighted by molar-refractivity contribution is 5.86. The van der Waals surface area contributed by atoms with Crippen LogP contribution in [0.5, 0.6) is 0 Å². The number of likely N-dealkylation sites (N-methyl/N-ethyl adjacent to an activating group) is 1. The molecule has 6 nitrogen and oxygen atoms in total. The van der Waals surface area contributed by atoms with Gasteiger partial charge in [-0.15, -0.1) is 0 Å². The monoisotopic (exact) mass is 326 g/mol. The Hall–Kier alpha value is -2.39. The fourth-order valence-corrected chi connectivity index (χ4v) is 3.67. The van der Waals surface area contributed by atoms with Gasteiger partial charge in [0.2, 0.25) is 11.8 Å². The van der Waals surface area contributed by atoms with Crippen molar-refractivity contribution < 1.29 is 9.59 Å². The summed E-state index contributed by atoms with van der Waals surface area (Å²) in [5, 5.41) is 9.02. The highest BCUT2D eigenvalue weighted by atomic mass is 16.2. The fourth-order valence-electron chi connectivity index (χ4n) is 3.67. The maximum Gasteiger partial charge on any atom is 0.241 e. The van der Waals surface area contributed by atoms with Crippen LogP contribution in [0, 0.1) is 11.3 Å². The van der Waals surface area contributed by atoms with E-state index in [4.69, 9.17) is 5.26 Å². The predicted molar refractivity (Wildman–Crippen MR) is 88.8 cm³/mol. The fraction of sp³-hybridized carbons (Fsp3) is 0.500. The second-order valence-electron chi connectivity index (χ2n) is 6.72. The normalized spacial score (nSPS) is 23.2. The summed E-state index contributed by atoms with van der Waals surface area (Å²) in [6.45, 7) is 1.82. The van der Waals surface area contributed by atoms with E-state index in [1.165, 1.54) is 4.90 Å². The zero-order valence-corrected chi connectivity index (χ0v) is 14.1. The van der Waals surface area contributed by atoms with E-state index < -0.39 is 0 Å². The summed E-state index contributed by atoms with van der Waals surface area (Å²) < 4.78 is 0. The van der Waals surface area contributed by atoms with Crippen molar-refractivity contribution in [2.75, 3.05) is 27.2 Å². The van der Waals surface area contributed by atoms with Crippen LogP contribution < -0.4 is 0 Å². The largest absolute Gasteiger partial charge is 0.347 e. The molecule has 24 heavy (non-hydrogen) atoms. The van der Waals surface area contributed by atoms with Gasteiger partial charge >= 0.3 is 0 Å². The maximum absolute atomic E-state index is 12.3. The average molecular weight is 326 g/mol. The summed E-state index contributed by atoms with van der Waals surface area (Å²) in [6.07, 6.45) is 1.37. The van der Waals surface area contributed by atoms with Gasteiger partial charge in [0.1, 0.15) is 6.54 Å². The molecule has 1 aromatic carbocycles. The molecule has 0 aliphatic carbocycles. The molecule has 2 fully saturated rings. The van der Waals surface area contributed by atoms with Crippen molar-refractivity contribution in [3.05, 3.63) is 35.4 Å². The number of nitrogens with zero attached hydrogens (tertiary/aromatic N) is 4. The molecule has 3 rings (SSSR count). The maximum atomic E-state index is 12.3. The minimum Gasteiger partial charge on any atom is -0.347 e. The molecule has 0 unspecified atom stereocenters. The average Bonchev–Trinajstić information content (AvgIpc) is 3.08. The van der Waals surface area contributed by atoms with Gasteiger partial charge in [0.05, 0.1) is 11.6 Å². The molecule has 2 atom stereocenters. The zero-order chi connectivity index (χ0) is 17.3. The van der Waals surface area contributed by atoms with Gasteiger partial charge in [0.25, 0.3) is 0 Å². The molecule has 0 bridgehead atoms. The van der Waals surface area contributed by atoms with E-state index in [9.17, 15) is 9.59 Å². The highest BCUT2D eigenvalue weighted by Crippen LogP contribution is 2.33. The van der Waals surface area contributed by atoms with E-state index in [2.05, 4.69) is 11.0 Å². The lowest BCUT2D eigenvalue weighted by molar-refractivity contribution is -0.138. The first-order valence-electron chi connectivity index (χ1n) is 8.22. The van der Waals surface area contributed by atoms with Crippen LogP contribution in [0.25, 0.3) is 0 Å². The van der Waals surface area contributed by atoms with Crippen LogP contribution >= 0.6 is 0 Å². The number of likely N-dealkylation sites (tertiary alicyclic amines) is 2. The topological polar surface area (TPSA) is 67.7 Å². The molecule has 6 heteroatoms. The number of rotatable bonds is 4. The van der Waals surface area contributed by atoms with Gasteiger partial charge < -0.3 is 9.80 Å². The molecule has 2 amide bonds. The molecule has 126 valence electrons. The Bertz CT molecular complexity index is 695. The molecule has 2 heterocycles. The third kappa shape index (κ3) is 3.13. The van der Waals surface area contributed by atoms with Crippen LogP contribution in [0.1, 0.15) is 24.0 Å². The molecule has 0 aromatic heterocycles. The lowest BCUT2D eigenvalue weighted by atomic mass is 10.1. The Kier molecular flexibility index (Phi) is 4.54. The lowest BCUT2D eigenvalue weighted by Gasteiger charge is -2.26. The Labute approximate surface area is 142 Å². The molecule has 0 spiro atoms. The summed E-state index contributed by atoms with van der Waals surface area (Å²) in [5.74, 6) is 0.0276. The Morgan fingerprint density at radius 3 is 2.88 bits per heavy atom. The second-order valence-corrected chi connectivity index (χ2v) is 6.72. The number of hydrogen-bond donors (Lipinski definition) is 0. The Morgan fingerprint density at radius 2 is 2.17 bits per heavy atom. The molecule has 0 radical (unpaired) electrons. The van der Waals surface area contributed by atoms with Crippen molar-refractivity contribution in [3.8, 4) is 6.07 Å². The van der Waals surface area contributed by atoms with Crippen molar-refractivity contribution in [3.63, 3.8) is 0 Å². The van der Waals surface area contributed by atoms with Crippen molar-refractivity contribution in [1.82, 2.24) is 14.7 Å². The minimum absolute atomic E-state index is 0.0378. The Balaban J connectivity index is 1.69. The van der Waals surface area contributed by atoms with Gasteiger partial charge in [-0.2, -0.15) is 5.26 Å². The number of hydrogen-bond acceptors (Lipinski definition) is 4. The number of nitriles is 1. The van der Waals surface area contributed by atoms with Crippen LogP contribution in [-0.2, 0) is 16.1 Å². The summed E-state index contributed by atoms with van der Waals surface area (Å²) in [6, 6.07) is 10.1. The first-order chi connectivity index (χ1) is 11.5. The predicted octanol–water partition coefficient (Wildman–Crippen LogP) is 0.822. The Morgan fingerprint density at radius 1 is 1.38 bits per heavy atom. The van der Waals surface area contributed by atoms with E-state index in [0.29, 0.717) is 12.0 Å². The molecule has 2 saturated heterocycles. The smallest absolute Gasteiger partial charge is 0.241 e. The van der Waals surface area contributed by atoms with Gasteiger partial charge in [-0.05, 0) is 24.1 Å². The van der Waals surface area contributed by atoms with Crippen LogP contribution in [0.3, 0.4) is 0 Å². The van der Waals surface area contributed by atoms with Crippen LogP contribution in [0.4, 0.5) is 0 Å². The quantitative estimate of drug-likeness (QED) is 0.822. The molecule has 1 aromatic rings. The van der Waals surface area contributed by atoms with Gasteiger partial charge in [-0.25, -0.2) is 0 Å². The number of amides is 2. The number of carbonyl (C=O) groups excluding carboxylic acids is 2. The first kappa shape index (κ1) is 16.5. The number of fused-ring (bicyclic) bond motifs is 1. The third-order valence-corrected chi connectivity index (χ3v) is 4.98. The van der Waals surface area contributed by atoms with E-state index in [0.717, 1.165) is 25.1 Å². The van der Waals surface area contributed by atoms with Crippen molar-refractivity contribution in [2.24, 2.45) is 0 Å². The first-order valence-corrected chi connectivity index (χ1v) is 8.22. The zero-order valence-electron chi connectivity index (χ0n) is 14.1.